The van der Waals surface area contributed by atoms with Gasteiger partial charge in [-0.2, -0.15) is 0 Å². The standard InChI is InChI=1S/C22H42N4O4.HI/c1-5-23-19(25-17-22(28)11-6-7-12-22)26-14-9-18(10-15-26)29-16-8-13-24-20(27)30-21(2,3)4;/h18,28H,5-17H2,1-4H3,(H,23,25)(H,24,27);1H. The van der Waals surface area contributed by atoms with Gasteiger partial charge in [0.1, 0.15) is 5.60 Å². The number of halogens is 1. The monoisotopic (exact) mass is 554 g/mol. The lowest BCUT2D eigenvalue weighted by Gasteiger charge is -2.34. The maximum Gasteiger partial charge on any atom is 0.407 e. The lowest BCUT2D eigenvalue weighted by Crippen LogP contribution is -2.47. The van der Waals surface area contributed by atoms with Crippen LogP contribution >= 0.6 is 24.0 Å². The Morgan fingerprint density at radius 2 is 1.84 bits per heavy atom. The number of alkyl carbamates (subject to hydrolysis) is 1. The van der Waals surface area contributed by atoms with Crippen molar-refractivity contribution in [3.05, 3.63) is 0 Å². The highest BCUT2D eigenvalue weighted by molar-refractivity contribution is 14.0. The zero-order valence-corrected chi connectivity index (χ0v) is 22.1. The third kappa shape index (κ3) is 11.1. The smallest absolute Gasteiger partial charge is 0.407 e. The normalized spacial score (nSPS) is 19.6. The van der Waals surface area contributed by atoms with E-state index < -0.39 is 11.2 Å². The van der Waals surface area contributed by atoms with Crippen LogP contribution in [0.2, 0.25) is 0 Å². The second-order valence-electron chi connectivity index (χ2n) is 9.44. The molecule has 31 heavy (non-hydrogen) atoms. The van der Waals surface area contributed by atoms with Crippen LogP contribution < -0.4 is 10.6 Å². The summed E-state index contributed by atoms with van der Waals surface area (Å²) in [5, 5.41) is 16.7. The fourth-order valence-electron chi connectivity index (χ4n) is 3.90. The first-order chi connectivity index (χ1) is 14.2. The van der Waals surface area contributed by atoms with Gasteiger partial charge in [0.2, 0.25) is 0 Å². The molecular weight excluding hydrogens is 511 g/mol. The summed E-state index contributed by atoms with van der Waals surface area (Å²) >= 11 is 0. The maximum absolute atomic E-state index is 11.6. The fourth-order valence-corrected chi connectivity index (χ4v) is 3.90. The Hall–Kier alpha value is -0.810. The van der Waals surface area contributed by atoms with Crippen LogP contribution in [-0.4, -0.2) is 78.7 Å². The van der Waals surface area contributed by atoms with Crippen molar-refractivity contribution in [1.82, 2.24) is 15.5 Å². The number of amides is 1. The molecule has 3 N–H and O–H groups in total. The van der Waals surface area contributed by atoms with Crippen molar-refractivity contribution in [2.45, 2.75) is 89.9 Å². The van der Waals surface area contributed by atoms with Gasteiger partial charge in [-0.05, 0) is 59.8 Å². The number of piperidine rings is 1. The van der Waals surface area contributed by atoms with Gasteiger partial charge in [0, 0.05) is 32.8 Å². The molecule has 0 aromatic heterocycles. The third-order valence-electron chi connectivity index (χ3n) is 5.48. The summed E-state index contributed by atoms with van der Waals surface area (Å²) in [5.74, 6) is 0.901. The van der Waals surface area contributed by atoms with Crippen molar-refractivity contribution in [3.63, 3.8) is 0 Å². The average molecular weight is 555 g/mol. The van der Waals surface area contributed by atoms with Crippen LogP contribution in [0, 0.1) is 0 Å². The number of ether oxygens (including phenoxy) is 2. The molecule has 2 aliphatic rings. The van der Waals surface area contributed by atoms with E-state index in [1.165, 1.54) is 0 Å². The van der Waals surface area contributed by atoms with Crippen LogP contribution in [0.5, 0.6) is 0 Å². The summed E-state index contributed by atoms with van der Waals surface area (Å²) in [6, 6.07) is 0. The van der Waals surface area contributed by atoms with Crippen LogP contribution in [0.3, 0.4) is 0 Å². The summed E-state index contributed by atoms with van der Waals surface area (Å²) in [7, 11) is 0. The average Bonchev–Trinajstić information content (AvgIpc) is 3.11. The fraction of sp³-hybridized carbons (Fsp3) is 0.909. The van der Waals surface area contributed by atoms with Crippen molar-refractivity contribution >= 4 is 36.0 Å². The third-order valence-corrected chi connectivity index (χ3v) is 5.48. The molecule has 1 aliphatic carbocycles. The maximum atomic E-state index is 11.6. The van der Waals surface area contributed by atoms with E-state index >= 15 is 0 Å². The number of carbonyl (C=O) groups excluding carboxylic acids is 1. The molecule has 0 aromatic carbocycles. The first-order valence-electron chi connectivity index (χ1n) is 11.5. The number of likely N-dealkylation sites (tertiary alicyclic amines) is 1. The van der Waals surface area contributed by atoms with E-state index in [2.05, 4.69) is 22.5 Å². The van der Waals surface area contributed by atoms with Crippen LogP contribution in [0.4, 0.5) is 4.79 Å². The lowest BCUT2D eigenvalue weighted by atomic mass is 10.0. The Morgan fingerprint density at radius 3 is 2.42 bits per heavy atom. The van der Waals surface area contributed by atoms with Gasteiger partial charge < -0.3 is 30.1 Å². The minimum Gasteiger partial charge on any atom is -0.444 e. The topological polar surface area (TPSA) is 95.4 Å². The van der Waals surface area contributed by atoms with Crippen LogP contribution in [0.15, 0.2) is 4.99 Å². The van der Waals surface area contributed by atoms with Gasteiger partial charge in [-0.15, -0.1) is 24.0 Å². The van der Waals surface area contributed by atoms with E-state index in [4.69, 9.17) is 14.5 Å². The number of aliphatic imine (C=N–C) groups is 1. The van der Waals surface area contributed by atoms with Crippen LogP contribution in [0.1, 0.15) is 72.6 Å². The van der Waals surface area contributed by atoms with Crippen molar-refractivity contribution in [1.29, 1.82) is 0 Å². The van der Waals surface area contributed by atoms with E-state index in [0.29, 0.717) is 19.7 Å². The molecular formula is C22H43IN4O4. The van der Waals surface area contributed by atoms with Crippen LogP contribution in [-0.2, 0) is 9.47 Å². The number of hydrogen-bond donors (Lipinski definition) is 3. The highest BCUT2D eigenvalue weighted by Crippen LogP contribution is 2.29. The van der Waals surface area contributed by atoms with Gasteiger partial charge in [0.25, 0.3) is 0 Å². The number of nitrogens with zero attached hydrogens (tertiary/aromatic N) is 2. The van der Waals surface area contributed by atoms with E-state index in [-0.39, 0.29) is 36.2 Å². The molecule has 2 fully saturated rings. The number of carbonyl (C=O) groups is 1. The SMILES string of the molecule is CCNC(=NCC1(O)CCCC1)N1CCC(OCCCNC(=O)OC(C)(C)C)CC1.I. The Kier molecular flexibility index (Phi) is 12.4. The molecule has 0 atom stereocenters. The van der Waals surface area contributed by atoms with E-state index in [1.807, 2.05) is 20.8 Å². The zero-order chi connectivity index (χ0) is 22.0. The van der Waals surface area contributed by atoms with Gasteiger partial charge in [0.05, 0.1) is 18.2 Å². The largest absolute Gasteiger partial charge is 0.444 e. The van der Waals surface area contributed by atoms with Crippen molar-refractivity contribution in [2.75, 3.05) is 39.3 Å². The Morgan fingerprint density at radius 1 is 1.19 bits per heavy atom. The molecule has 9 heteroatoms. The molecule has 1 saturated carbocycles. The van der Waals surface area contributed by atoms with Gasteiger partial charge in [-0.3, -0.25) is 4.99 Å². The molecule has 1 saturated heterocycles. The summed E-state index contributed by atoms with van der Waals surface area (Å²) in [6.07, 6.45) is 6.43. The highest BCUT2D eigenvalue weighted by Gasteiger charge is 2.31. The van der Waals surface area contributed by atoms with Gasteiger partial charge in [-0.1, -0.05) is 12.8 Å². The van der Waals surface area contributed by atoms with E-state index in [9.17, 15) is 9.90 Å². The van der Waals surface area contributed by atoms with Crippen molar-refractivity contribution in [3.8, 4) is 0 Å². The first kappa shape index (κ1) is 28.2. The predicted molar refractivity (Wildman–Crippen MR) is 134 cm³/mol. The molecule has 1 heterocycles. The molecule has 182 valence electrons. The Labute approximate surface area is 204 Å². The zero-order valence-electron chi connectivity index (χ0n) is 19.7. The van der Waals surface area contributed by atoms with E-state index in [0.717, 1.165) is 70.5 Å². The van der Waals surface area contributed by atoms with Crippen molar-refractivity contribution in [2.24, 2.45) is 4.99 Å². The van der Waals surface area contributed by atoms with Gasteiger partial charge in [-0.25, -0.2) is 4.79 Å². The van der Waals surface area contributed by atoms with Gasteiger partial charge in [0.15, 0.2) is 5.96 Å². The highest BCUT2D eigenvalue weighted by atomic mass is 127. The Balaban J connectivity index is 0.00000480. The number of guanidine groups is 1. The molecule has 0 bridgehead atoms. The quantitative estimate of drug-likeness (QED) is 0.185. The Bertz CT molecular complexity index is 554. The number of nitrogens with one attached hydrogen (secondary N) is 2. The molecule has 0 spiro atoms. The number of aliphatic hydroxyl groups is 1. The molecule has 0 radical (unpaired) electrons. The minimum absolute atomic E-state index is 0. The molecule has 2 rings (SSSR count). The molecule has 1 amide bonds. The lowest BCUT2D eigenvalue weighted by molar-refractivity contribution is 0.0167. The second-order valence-corrected chi connectivity index (χ2v) is 9.44. The van der Waals surface area contributed by atoms with E-state index in [1.54, 1.807) is 0 Å². The number of rotatable bonds is 8. The summed E-state index contributed by atoms with van der Waals surface area (Å²) in [6.45, 7) is 11.9. The molecule has 1 aliphatic heterocycles. The summed E-state index contributed by atoms with van der Waals surface area (Å²) in [4.78, 5) is 18.6. The first-order valence-corrected chi connectivity index (χ1v) is 11.5. The van der Waals surface area contributed by atoms with Crippen molar-refractivity contribution < 1.29 is 19.4 Å². The number of hydrogen-bond acceptors (Lipinski definition) is 5. The summed E-state index contributed by atoms with van der Waals surface area (Å²) < 4.78 is 11.2. The molecule has 0 aromatic rings. The van der Waals surface area contributed by atoms with Gasteiger partial charge >= 0.3 is 6.09 Å². The molecule has 8 nitrogen and oxygen atoms in total. The predicted octanol–water partition coefficient (Wildman–Crippen LogP) is 3.27. The van der Waals surface area contributed by atoms with Crippen LogP contribution in [0.25, 0.3) is 0 Å². The second kappa shape index (κ2) is 13.7. The minimum atomic E-state index is -0.616. The summed E-state index contributed by atoms with van der Waals surface area (Å²) in [5.41, 5.74) is -1.09. The molecule has 0 unspecified atom stereocenters.